The summed E-state index contributed by atoms with van der Waals surface area (Å²) in [6, 6.07) is 19.5. The Morgan fingerprint density at radius 2 is 1.78 bits per heavy atom. The van der Waals surface area contributed by atoms with E-state index in [9.17, 15) is 9.59 Å². The van der Waals surface area contributed by atoms with Crippen molar-refractivity contribution in [3.05, 3.63) is 92.6 Å². The van der Waals surface area contributed by atoms with E-state index in [0.29, 0.717) is 11.6 Å². The van der Waals surface area contributed by atoms with Crippen molar-refractivity contribution in [3.8, 4) is 0 Å². The van der Waals surface area contributed by atoms with Gasteiger partial charge < -0.3 is 10.6 Å². The zero-order chi connectivity index (χ0) is 22.3. The minimum Gasteiger partial charge on any atom is -0.353 e. The number of carbonyl (C=O) groups excluding carboxylic acids is 2. The molecule has 2 aromatic carbocycles. The van der Waals surface area contributed by atoms with E-state index in [2.05, 4.69) is 27.0 Å². The van der Waals surface area contributed by atoms with Crippen LogP contribution in [0, 0.1) is 0 Å². The van der Waals surface area contributed by atoms with Crippen LogP contribution in [-0.4, -0.2) is 36.3 Å². The highest BCUT2D eigenvalue weighted by molar-refractivity contribution is 7.10. The minimum atomic E-state index is -0.196. The first-order chi connectivity index (χ1) is 15.6. The van der Waals surface area contributed by atoms with E-state index in [-0.39, 0.29) is 30.8 Å². The summed E-state index contributed by atoms with van der Waals surface area (Å²) in [6.45, 7) is 2.22. The number of amides is 2. The van der Waals surface area contributed by atoms with Crippen molar-refractivity contribution in [1.82, 2.24) is 15.5 Å². The summed E-state index contributed by atoms with van der Waals surface area (Å²) in [6.07, 6.45) is 1.28. The normalized spacial score (nSPS) is 14.4. The Kier molecular flexibility index (Phi) is 7.58. The van der Waals surface area contributed by atoms with Crippen molar-refractivity contribution in [1.29, 1.82) is 0 Å². The van der Waals surface area contributed by atoms with Crippen molar-refractivity contribution in [2.75, 3.05) is 19.6 Å². The van der Waals surface area contributed by atoms with Gasteiger partial charge in [-0.1, -0.05) is 54.1 Å². The third-order valence-electron chi connectivity index (χ3n) is 5.68. The molecule has 0 saturated heterocycles. The lowest BCUT2D eigenvalue weighted by molar-refractivity contribution is -0.125. The van der Waals surface area contributed by atoms with E-state index >= 15 is 0 Å². The second-order valence-electron chi connectivity index (χ2n) is 7.90. The lowest BCUT2D eigenvalue weighted by Crippen LogP contribution is -2.43. The molecule has 4 rings (SSSR count). The maximum Gasteiger partial charge on any atom is 0.239 e. The quantitative estimate of drug-likeness (QED) is 0.527. The number of halogens is 1. The predicted molar refractivity (Wildman–Crippen MR) is 129 cm³/mol. The van der Waals surface area contributed by atoms with E-state index in [1.54, 1.807) is 0 Å². The molecule has 0 spiro atoms. The Hall–Kier alpha value is -2.67. The highest BCUT2D eigenvalue weighted by Crippen LogP contribution is 2.30. The van der Waals surface area contributed by atoms with Gasteiger partial charge in [0.15, 0.2) is 0 Å². The van der Waals surface area contributed by atoms with Gasteiger partial charge in [-0.2, -0.15) is 0 Å². The molecule has 32 heavy (non-hydrogen) atoms. The first kappa shape index (κ1) is 22.5. The van der Waals surface area contributed by atoms with E-state index in [4.69, 9.17) is 11.6 Å². The molecule has 7 heteroatoms. The summed E-state index contributed by atoms with van der Waals surface area (Å²) >= 11 is 7.90. The molecule has 1 aliphatic rings. The zero-order valence-electron chi connectivity index (χ0n) is 17.7. The monoisotopic (exact) mass is 467 g/mol. The van der Waals surface area contributed by atoms with Crippen molar-refractivity contribution in [3.63, 3.8) is 0 Å². The zero-order valence-corrected chi connectivity index (χ0v) is 19.3. The lowest BCUT2D eigenvalue weighted by Gasteiger charge is -2.35. The van der Waals surface area contributed by atoms with Gasteiger partial charge in [0, 0.05) is 29.5 Å². The third kappa shape index (κ3) is 5.97. The first-order valence-electron chi connectivity index (χ1n) is 10.7. The van der Waals surface area contributed by atoms with Gasteiger partial charge in [-0.05, 0) is 46.7 Å². The number of hydrogen-bond donors (Lipinski definition) is 2. The molecule has 0 radical (unpaired) electrons. The molecule has 3 aromatic rings. The largest absolute Gasteiger partial charge is 0.353 e. The number of benzene rings is 2. The van der Waals surface area contributed by atoms with E-state index in [1.165, 1.54) is 10.4 Å². The van der Waals surface area contributed by atoms with Gasteiger partial charge in [0.2, 0.25) is 11.8 Å². The summed E-state index contributed by atoms with van der Waals surface area (Å²) in [5, 5.41) is 8.55. The van der Waals surface area contributed by atoms with Gasteiger partial charge in [-0.25, -0.2) is 0 Å². The van der Waals surface area contributed by atoms with Crippen LogP contribution in [0.3, 0.4) is 0 Å². The van der Waals surface area contributed by atoms with Crippen LogP contribution in [0.4, 0.5) is 0 Å². The van der Waals surface area contributed by atoms with Crippen LogP contribution in [0.5, 0.6) is 0 Å². The molecular weight excluding hydrogens is 442 g/mol. The second kappa shape index (κ2) is 10.8. The minimum absolute atomic E-state index is 0.0317. The highest BCUT2D eigenvalue weighted by atomic mass is 35.5. The summed E-state index contributed by atoms with van der Waals surface area (Å²) in [5.74, 6) is -0.361. The second-order valence-corrected chi connectivity index (χ2v) is 9.34. The Labute approximate surface area is 197 Å². The molecule has 1 aromatic heterocycles. The summed E-state index contributed by atoms with van der Waals surface area (Å²) in [7, 11) is 0. The third-order valence-corrected chi connectivity index (χ3v) is 6.95. The van der Waals surface area contributed by atoms with Crippen LogP contribution < -0.4 is 10.6 Å². The highest BCUT2D eigenvalue weighted by Gasteiger charge is 2.26. The summed E-state index contributed by atoms with van der Waals surface area (Å²) < 4.78 is 0. The van der Waals surface area contributed by atoms with Gasteiger partial charge >= 0.3 is 0 Å². The van der Waals surface area contributed by atoms with Crippen LogP contribution in [0.25, 0.3) is 0 Å². The Morgan fingerprint density at radius 3 is 2.56 bits per heavy atom. The summed E-state index contributed by atoms with van der Waals surface area (Å²) in [4.78, 5) is 28.4. The molecule has 0 bridgehead atoms. The van der Waals surface area contributed by atoms with Crippen LogP contribution >= 0.6 is 22.9 Å². The molecule has 166 valence electrons. The Morgan fingerprint density at radius 1 is 1.00 bits per heavy atom. The topological polar surface area (TPSA) is 61.4 Å². The van der Waals surface area contributed by atoms with Gasteiger partial charge in [-0.3, -0.25) is 14.5 Å². The molecule has 2 amide bonds. The predicted octanol–water partition coefficient (Wildman–Crippen LogP) is 3.98. The maximum atomic E-state index is 12.5. The average Bonchev–Trinajstić information content (AvgIpc) is 3.28. The van der Waals surface area contributed by atoms with Crippen LogP contribution in [-0.2, 0) is 29.0 Å². The fourth-order valence-corrected chi connectivity index (χ4v) is 4.99. The molecule has 2 N–H and O–H groups in total. The van der Waals surface area contributed by atoms with Crippen molar-refractivity contribution in [2.45, 2.75) is 25.4 Å². The number of thiophene rings is 1. The number of carbonyl (C=O) groups is 2. The molecule has 1 aliphatic heterocycles. The number of rotatable bonds is 8. The Balaban J connectivity index is 1.34. The van der Waals surface area contributed by atoms with Crippen LogP contribution in [0.1, 0.15) is 27.6 Å². The van der Waals surface area contributed by atoms with Gasteiger partial charge in [-0.15, -0.1) is 11.3 Å². The molecule has 0 fully saturated rings. The molecule has 0 saturated carbocycles. The fraction of sp³-hybridized carbons (Fsp3) is 0.280. The first-order valence-corrected chi connectivity index (χ1v) is 12.0. The van der Waals surface area contributed by atoms with Gasteiger partial charge in [0.25, 0.3) is 0 Å². The van der Waals surface area contributed by atoms with Crippen molar-refractivity contribution >= 4 is 34.8 Å². The van der Waals surface area contributed by atoms with Crippen molar-refractivity contribution < 1.29 is 9.59 Å². The van der Waals surface area contributed by atoms with Crippen molar-refractivity contribution in [2.24, 2.45) is 0 Å². The van der Waals surface area contributed by atoms with Crippen LogP contribution in [0.2, 0.25) is 5.02 Å². The van der Waals surface area contributed by atoms with Crippen LogP contribution in [0.15, 0.2) is 66.0 Å². The lowest BCUT2D eigenvalue weighted by atomic mass is 10.0. The SMILES string of the molecule is O=C(CNC(=O)Cc1ccccc1)NCC(c1ccc(Cl)cc1)N1CCc2sccc2C1. The molecule has 2 heterocycles. The standard InChI is InChI=1S/C25H26ClN3O2S/c26-21-8-6-19(7-9-21)22(29-12-10-23-20(17-29)11-13-32-23)15-27-25(31)16-28-24(30)14-18-4-2-1-3-5-18/h1-9,11,13,22H,10,12,14-17H2,(H,27,31)(H,28,30). The van der Waals surface area contributed by atoms with E-state index in [1.807, 2.05) is 65.9 Å². The summed E-state index contributed by atoms with van der Waals surface area (Å²) in [5.41, 5.74) is 3.40. The molecule has 5 nitrogen and oxygen atoms in total. The molecular formula is C25H26ClN3O2S. The average molecular weight is 468 g/mol. The number of nitrogens with zero attached hydrogens (tertiary/aromatic N) is 1. The smallest absolute Gasteiger partial charge is 0.239 e. The van der Waals surface area contributed by atoms with Gasteiger partial charge in [0.05, 0.1) is 19.0 Å². The molecule has 1 unspecified atom stereocenters. The van der Waals surface area contributed by atoms with E-state index in [0.717, 1.165) is 30.6 Å². The number of nitrogens with one attached hydrogen (secondary N) is 2. The van der Waals surface area contributed by atoms with E-state index < -0.39 is 0 Å². The molecule has 0 aliphatic carbocycles. The Bertz CT molecular complexity index is 1050. The van der Waals surface area contributed by atoms with Gasteiger partial charge in [0.1, 0.15) is 0 Å². The number of hydrogen-bond acceptors (Lipinski definition) is 4. The fourth-order valence-electron chi connectivity index (χ4n) is 3.97. The maximum absolute atomic E-state index is 12.5. The molecule has 1 atom stereocenters. The number of fused-ring (bicyclic) bond motifs is 1.